The fraction of sp³-hybridized carbons (Fsp3) is 0.154. The Bertz CT molecular complexity index is 802. The standard InChI is InChI=1S/C13H11Cl2NO4S2/c1-2-20-13(17)8-5-3-4-6-9(8)16-22(18,19)10-7-11(14)21-12(10)15/h3-7,16H,2H2,1H3. The molecule has 22 heavy (non-hydrogen) atoms. The molecule has 1 N–H and O–H groups in total. The molecule has 2 aromatic rings. The van der Waals surface area contributed by atoms with E-state index in [1.807, 2.05) is 0 Å². The summed E-state index contributed by atoms with van der Waals surface area (Å²) in [6.07, 6.45) is 0. The molecule has 0 spiro atoms. The number of carbonyl (C=O) groups is 1. The third kappa shape index (κ3) is 3.73. The molecule has 0 saturated carbocycles. The molecule has 0 unspecified atom stereocenters. The SMILES string of the molecule is CCOC(=O)c1ccccc1NS(=O)(=O)c1cc(Cl)sc1Cl. The molecule has 0 bridgehead atoms. The van der Waals surface area contributed by atoms with E-state index in [9.17, 15) is 13.2 Å². The third-order valence-electron chi connectivity index (χ3n) is 2.58. The van der Waals surface area contributed by atoms with Gasteiger partial charge in [-0.15, -0.1) is 11.3 Å². The van der Waals surface area contributed by atoms with Gasteiger partial charge in [-0.1, -0.05) is 35.3 Å². The first-order valence-corrected chi connectivity index (χ1v) is 9.14. The number of hydrogen-bond acceptors (Lipinski definition) is 5. The molecule has 2 rings (SSSR count). The van der Waals surface area contributed by atoms with Crippen molar-refractivity contribution < 1.29 is 17.9 Å². The van der Waals surface area contributed by atoms with Crippen molar-refractivity contribution in [2.24, 2.45) is 0 Å². The summed E-state index contributed by atoms with van der Waals surface area (Å²) < 4.78 is 32.3. The first-order chi connectivity index (χ1) is 10.3. The molecule has 0 aliphatic rings. The van der Waals surface area contributed by atoms with Crippen LogP contribution in [0.1, 0.15) is 17.3 Å². The topological polar surface area (TPSA) is 72.5 Å². The molecule has 0 amide bonds. The van der Waals surface area contributed by atoms with Crippen LogP contribution in [0.3, 0.4) is 0 Å². The van der Waals surface area contributed by atoms with E-state index >= 15 is 0 Å². The Balaban J connectivity index is 2.38. The molecule has 0 aliphatic heterocycles. The molecule has 0 radical (unpaired) electrons. The second kappa shape index (κ2) is 6.87. The maximum atomic E-state index is 12.4. The molecule has 9 heteroatoms. The number of rotatable bonds is 5. The predicted octanol–water partition coefficient (Wildman–Crippen LogP) is 4.03. The van der Waals surface area contributed by atoms with Crippen LogP contribution in [0, 0.1) is 0 Å². The lowest BCUT2D eigenvalue weighted by molar-refractivity contribution is 0.0527. The first-order valence-electron chi connectivity index (χ1n) is 6.09. The van der Waals surface area contributed by atoms with Crippen LogP contribution in [0.2, 0.25) is 8.67 Å². The van der Waals surface area contributed by atoms with Gasteiger partial charge < -0.3 is 4.74 Å². The number of para-hydroxylation sites is 1. The number of nitrogens with one attached hydrogen (secondary N) is 1. The summed E-state index contributed by atoms with van der Waals surface area (Å²) in [5, 5.41) is 0. The van der Waals surface area contributed by atoms with E-state index in [0.29, 0.717) is 0 Å². The monoisotopic (exact) mass is 379 g/mol. The van der Waals surface area contributed by atoms with Crippen molar-refractivity contribution in [2.75, 3.05) is 11.3 Å². The number of esters is 1. The van der Waals surface area contributed by atoms with Gasteiger partial charge in [0.2, 0.25) is 0 Å². The molecular weight excluding hydrogens is 369 g/mol. The average molecular weight is 380 g/mol. The van der Waals surface area contributed by atoms with Gasteiger partial charge in [-0.05, 0) is 25.1 Å². The van der Waals surface area contributed by atoms with Gasteiger partial charge in [0, 0.05) is 0 Å². The Morgan fingerprint density at radius 2 is 2.00 bits per heavy atom. The van der Waals surface area contributed by atoms with Crippen molar-refractivity contribution >= 4 is 56.2 Å². The molecule has 1 aromatic heterocycles. The summed E-state index contributed by atoms with van der Waals surface area (Å²) >= 11 is 12.6. The van der Waals surface area contributed by atoms with Crippen LogP contribution in [0.15, 0.2) is 35.2 Å². The van der Waals surface area contributed by atoms with E-state index in [0.717, 1.165) is 11.3 Å². The Kier molecular flexibility index (Phi) is 5.33. The maximum Gasteiger partial charge on any atom is 0.340 e. The number of sulfonamides is 1. The van der Waals surface area contributed by atoms with Gasteiger partial charge in [0.05, 0.1) is 22.2 Å². The highest BCUT2D eigenvalue weighted by atomic mass is 35.5. The van der Waals surface area contributed by atoms with Crippen molar-refractivity contribution in [1.82, 2.24) is 0 Å². The van der Waals surface area contributed by atoms with Gasteiger partial charge >= 0.3 is 5.97 Å². The number of carbonyl (C=O) groups excluding carboxylic acids is 1. The summed E-state index contributed by atoms with van der Waals surface area (Å²) in [4.78, 5) is 11.7. The number of thiophene rings is 1. The summed E-state index contributed by atoms with van der Waals surface area (Å²) in [6, 6.07) is 7.40. The van der Waals surface area contributed by atoms with E-state index in [4.69, 9.17) is 27.9 Å². The minimum Gasteiger partial charge on any atom is -0.462 e. The lowest BCUT2D eigenvalue weighted by Crippen LogP contribution is -2.16. The van der Waals surface area contributed by atoms with Crippen molar-refractivity contribution in [1.29, 1.82) is 0 Å². The van der Waals surface area contributed by atoms with Gasteiger partial charge in [-0.3, -0.25) is 4.72 Å². The molecule has 1 aromatic carbocycles. The predicted molar refractivity (Wildman–Crippen MR) is 87.5 cm³/mol. The van der Waals surface area contributed by atoms with E-state index in [-0.39, 0.29) is 31.4 Å². The zero-order chi connectivity index (χ0) is 16.3. The van der Waals surface area contributed by atoms with E-state index in [2.05, 4.69) is 4.72 Å². The Labute approximate surface area is 141 Å². The lowest BCUT2D eigenvalue weighted by atomic mass is 10.2. The largest absolute Gasteiger partial charge is 0.462 e. The minimum absolute atomic E-state index is 0.0473. The van der Waals surface area contributed by atoms with Crippen LogP contribution in [0.5, 0.6) is 0 Å². The molecular formula is C13H11Cl2NO4S2. The molecule has 1 heterocycles. The Hall–Kier alpha value is -1.28. The van der Waals surface area contributed by atoms with Crippen LogP contribution in [0.25, 0.3) is 0 Å². The number of halogens is 2. The third-order valence-corrected chi connectivity index (χ3v) is 5.70. The fourth-order valence-electron chi connectivity index (χ4n) is 1.67. The lowest BCUT2D eigenvalue weighted by Gasteiger charge is -2.11. The molecule has 0 aliphatic carbocycles. The molecule has 0 fully saturated rings. The summed E-state index contributed by atoms with van der Waals surface area (Å²) in [5.41, 5.74) is 0.227. The van der Waals surface area contributed by atoms with Crippen LogP contribution in [0.4, 0.5) is 5.69 Å². The summed E-state index contributed by atoms with van der Waals surface area (Å²) in [6.45, 7) is 1.85. The first kappa shape index (κ1) is 17.1. The van der Waals surface area contributed by atoms with Gasteiger partial charge in [-0.25, -0.2) is 13.2 Å². The van der Waals surface area contributed by atoms with Crippen molar-refractivity contribution in [3.8, 4) is 0 Å². The van der Waals surface area contributed by atoms with Gasteiger partial charge in [-0.2, -0.15) is 0 Å². The van der Waals surface area contributed by atoms with Crippen LogP contribution >= 0.6 is 34.5 Å². The maximum absolute atomic E-state index is 12.4. The number of ether oxygens (including phenoxy) is 1. The smallest absolute Gasteiger partial charge is 0.340 e. The highest BCUT2D eigenvalue weighted by Crippen LogP contribution is 2.35. The quantitative estimate of drug-likeness (QED) is 0.795. The normalized spacial score (nSPS) is 11.2. The molecule has 118 valence electrons. The van der Waals surface area contributed by atoms with Crippen molar-refractivity contribution in [3.63, 3.8) is 0 Å². The summed E-state index contributed by atoms with van der Waals surface area (Å²) in [7, 11) is -3.96. The summed E-state index contributed by atoms with van der Waals surface area (Å²) in [5.74, 6) is -0.616. The van der Waals surface area contributed by atoms with Crippen LogP contribution in [-0.4, -0.2) is 21.0 Å². The Morgan fingerprint density at radius 3 is 2.59 bits per heavy atom. The van der Waals surface area contributed by atoms with Gasteiger partial charge in [0.25, 0.3) is 10.0 Å². The average Bonchev–Trinajstić information content (AvgIpc) is 2.79. The number of hydrogen-bond donors (Lipinski definition) is 1. The van der Waals surface area contributed by atoms with Crippen molar-refractivity contribution in [2.45, 2.75) is 11.8 Å². The number of benzene rings is 1. The second-order valence-corrected chi connectivity index (χ2v) is 8.00. The molecule has 5 nitrogen and oxygen atoms in total. The fourth-order valence-corrected chi connectivity index (χ4v) is 4.90. The van der Waals surface area contributed by atoms with E-state index in [1.165, 1.54) is 18.2 Å². The highest BCUT2D eigenvalue weighted by molar-refractivity contribution is 7.93. The van der Waals surface area contributed by atoms with E-state index < -0.39 is 16.0 Å². The molecule has 0 atom stereocenters. The minimum atomic E-state index is -3.96. The van der Waals surface area contributed by atoms with Gasteiger partial charge in [0.15, 0.2) is 0 Å². The molecule has 0 saturated heterocycles. The van der Waals surface area contributed by atoms with Crippen LogP contribution in [-0.2, 0) is 14.8 Å². The van der Waals surface area contributed by atoms with Gasteiger partial charge in [0.1, 0.15) is 9.23 Å². The van der Waals surface area contributed by atoms with E-state index in [1.54, 1.807) is 19.1 Å². The highest BCUT2D eigenvalue weighted by Gasteiger charge is 2.23. The Morgan fingerprint density at radius 1 is 1.32 bits per heavy atom. The van der Waals surface area contributed by atoms with Crippen LogP contribution < -0.4 is 4.72 Å². The zero-order valence-electron chi connectivity index (χ0n) is 11.3. The van der Waals surface area contributed by atoms with Crippen molar-refractivity contribution in [3.05, 3.63) is 44.6 Å². The number of anilines is 1. The second-order valence-electron chi connectivity index (χ2n) is 4.06. The zero-order valence-corrected chi connectivity index (χ0v) is 14.4.